The zero-order chi connectivity index (χ0) is 16.5. The molecule has 0 radical (unpaired) electrons. The van der Waals surface area contributed by atoms with E-state index in [0.717, 1.165) is 19.3 Å². The molecule has 0 saturated carbocycles. The van der Waals surface area contributed by atoms with Gasteiger partial charge in [0.05, 0.1) is 0 Å². The Bertz CT molecular complexity index is 615. The van der Waals surface area contributed by atoms with Crippen LogP contribution in [0.25, 0.3) is 0 Å². The van der Waals surface area contributed by atoms with Crippen LogP contribution in [-0.4, -0.2) is 28.5 Å². The maximum atomic E-state index is 12.1. The van der Waals surface area contributed by atoms with E-state index in [9.17, 15) is 4.79 Å². The summed E-state index contributed by atoms with van der Waals surface area (Å²) in [4.78, 5) is 20.3. The van der Waals surface area contributed by atoms with Gasteiger partial charge in [0, 0.05) is 18.7 Å². The third kappa shape index (κ3) is 5.70. The molecule has 2 aromatic rings. The van der Waals surface area contributed by atoms with Crippen molar-refractivity contribution in [1.82, 2.24) is 15.3 Å². The number of carbonyl (C=O) groups excluding carboxylic acids is 1. The van der Waals surface area contributed by atoms with Crippen LogP contribution in [0.3, 0.4) is 0 Å². The van der Waals surface area contributed by atoms with Crippen molar-refractivity contribution in [2.75, 3.05) is 11.9 Å². The molecule has 5 nitrogen and oxygen atoms in total. The number of aromatic nitrogens is 2. The lowest BCUT2D eigenvalue weighted by atomic mass is 10.1. The van der Waals surface area contributed by atoms with Crippen molar-refractivity contribution < 1.29 is 4.79 Å². The van der Waals surface area contributed by atoms with Crippen LogP contribution < -0.4 is 10.6 Å². The summed E-state index contributed by atoms with van der Waals surface area (Å²) in [5, 5.41) is 6.15. The third-order valence-corrected chi connectivity index (χ3v) is 3.68. The highest BCUT2D eigenvalue weighted by Crippen LogP contribution is 2.07. The van der Waals surface area contributed by atoms with E-state index in [1.807, 2.05) is 18.2 Å². The van der Waals surface area contributed by atoms with Gasteiger partial charge in [0.15, 0.2) is 0 Å². The second-order valence-electron chi connectivity index (χ2n) is 5.59. The molecule has 1 amide bonds. The van der Waals surface area contributed by atoms with Gasteiger partial charge in [-0.25, -0.2) is 9.97 Å². The molecular formula is C18H24N4O. The van der Waals surface area contributed by atoms with E-state index in [4.69, 9.17) is 0 Å². The first kappa shape index (κ1) is 16.9. The number of aryl methyl sites for hydroxylation is 1. The molecule has 0 spiro atoms. The molecule has 0 aliphatic heterocycles. The number of rotatable bonds is 8. The van der Waals surface area contributed by atoms with Crippen molar-refractivity contribution >= 4 is 11.7 Å². The third-order valence-electron chi connectivity index (χ3n) is 3.68. The van der Waals surface area contributed by atoms with E-state index in [1.165, 1.54) is 11.9 Å². The number of anilines is 1. The second kappa shape index (κ2) is 8.88. The molecule has 0 bridgehead atoms. The lowest BCUT2D eigenvalue weighted by Crippen LogP contribution is -2.26. The van der Waals surface area contributed by atoms with Gasteiger partial charge in [-0.2, -0.15) is 0 Å². The summed E-state index contributed by atoms with van der Waals surface area (Å²) < 4.78 is 0. The van der Waals surface area contributed by atoms with Crippen molar-refractivity contribution in [1.29, 1.82) is 0 Å². The lowest BCUT2D eigenvalue weighted by molar-refractivity contribution is 0.0948. The van der Waals surface area contributed by atoms with E-state index in [1.54, 1.807) is 6.07 Å². The summed E-state index contributed by atoms with van der Waals surface area (Å²) in [6.07, 6.45) is 4.26. The summed E-state index contributed by atoms with van der Waals surface area (Å²) in [7, 11) is 0. The quantitative estimate of drug-likeness (QED) is 0.735. The standard InChI is InChI=1S/C18H24N4O/c1-3-14(2)22-17-12-16(20-13-21-17)18(23)19-11-7-10-15-8-5-4-6-9-15/h4-6,8-9,12-14H,3,7,10-11H2,1-2H3,(H,19,23)(H,20,21,22). The van der Waals surface area contributed by atoms with Gasteiger partial charge in [0.25, 0.3) is 5.91 Å². The number of benzene rings is 1. The maximum Gasteiger partial charge on any atom is 0.270 e. The highest BCUT2D eigenvalue weighted by Gasteiger charge is 2.09. The van der Waals surface area contributed by atoms with Crippen LogP contribution in [0.5, 0.6) is 0 Å². The van der Waals surface area contributed by atoms with Gasteiger partial charge in [-0.15, -0.1) is 0 Å². The minimum atomic E-state index is -0.160. The molecule has 2 rings (SSSR count). The molecule has 1 atom stereocenters. The van der Waals surface area contributed by atoms with Crippen molar-refractivity contribution in [3.63, 3.8) is 0 Å². The van der Waals surface area contributed by atoms with E-state index < -0.39 is 0 Å². The van der Waals surface area contributed by atoms with Gasteiger partial charge in [-0.3, -0.25) is 4.79 Å². The Morgan fingerprint density at radius 2 is 2.00 bits per heavy atom. The SMILES string of the molecule is CCC(C)Nc1cc(C(=O)NCCCc2ccccc2)ncn1. The minimum absolute atomic E-state index is 0.160. The van der Waals surface area contributed by atoms with Gasteiger partial charge in [0.2, 0.25) is 0 Å². The Morgan fingerprint density at radius 1 is 1.22 bits per heavy atom. The zero-order valence-electron chi connectivity index (χ0n) is 13.7. The van der Waals surface area contributed by atoms with Crippen LogP contribution in [0.1, 0.15) is 42.7 Å². The topological polar surface area (TPSA) is 66.9 Å². The van der Waals surface area contributed by atoms with Gasteiger partial charge < -0.3 is 10.6 Å². The van der Waals surface area contributed by atoms with E-state index in [0.29, 0.717) is 24.1 Å². The number of carbonyl (C=O) groups is 1. The Morgan fingerprint density at radius 3 is 2.74 bits per heavy atom. The van der Waals surface area contributed by atoms with Crippen LogP contribution in [0, 0.1) is 0 Å². The molecule has 0 aliphatic rings. The second-order valence-corrected chi connectivity index (χ2v) is 5.59. The zero-order valence-corrected chi connectivity index (χ0v) is 13.7. The molecule has 0 aliphatic carbocycles. The number of amides is 1. The Labute approximate surface area is 137 Å². The van der Waals surface area contributed by atoms with Crippen molar-refractivity contribution in [2.24, 2.45) is 0 Å². The van der Waals surface area contributed by atoms with E-state index in [2.05, 4.69) is 46.6 Å². The first-order valence-corrected chi connectivity index (χ1v) is 8.09. The molecule has 0 saturated heterocycles. The van der Waals surface area contributed by atoms with Crippen LogP contribution in [0.4, 0.5) is 5.82 Å². The Balaban J connectivity index is 1.80. The lowest BCUT2D eigenvalue weighted by Gasteiger charge is -2.12. The summed E-state index contributed by atoms with van der Waals surface area (Å²) in [5.41, 5.74) is 1.68. The largest absolute Gasteiger partial charge is 0.368 e. The van der Waals surface area contributed by atoms with E-state index >= 15 is 0 Å². The van der Waals surface area contributed by atoms with Crippen molar-refractivity contribution in [2.45, 2.75) is 39.2 Å². The van der Waals surface area contributed by atoms with Crippen molar-refractivity contribution in [3.05, 3.63) is 54.0 Å². The molecule has 1 unspecified atom stereocenters. The van der Waals surface area contributed by atoms with Crippen molar-refractivity contribution in [3.8, 4) is 0 Å². The summed E-state index contributed by atoms with van der Waals surface area (Å²) in [5.74, 6) is 0.524. The van der Waals surface area contributed by atoms with Crippen LogP contribution in [0.2, 0.25) is 0 Å². The number of nitrogens with zero attached hydrogens (tertiary/aromatic N) is 2. The number of hydrogen-bond donors (Lipinski definition) is 2. The molecule has 0 fully saturated rings. The summed E-state index contributed by atoms with van der Waals surface area (Å²) >= 11 is 0. The highest BCUT2D eigenvalue weighted by atomic mass is 16.1. The molecule has 23 heavy (non-hydrogen) atoms. The first-order chi connectivity index (χ1) is 11.2. The fourth-order valence-electron chi connectivity index (χ4n) is 2.14. The first-order valence-electron chi connectivity index (χ1n) is 8.09. The summed E-state index contributed by atoms with van der Waals surface area (Å²) in [6.45, 7) is 4.80. The average Bonchev–Trinajstić information content (AvgIpc) is 2.59. The molecule has 122 valence electrons. The number of hydrogen-bond acceptors (Lipinski definition) is 4. The van der Waals surface area contributed by atoms with Crippen LogP contribution >= 0.6 is 0 Å². The van der Waals surface area contributed by atoms with Gasteiger partial charge in [0.1, 0.15) is 17.8 Å². The van der Waals surface area contributed by atoms with Gasteiger partial charge >= 0.3 is 0 Å². The summed E-state index contributed by atoms with van der Waals surface area (Å²) in [6, 6.07) is 12.3. The number of nitrogens with one attached hydrogen (secondary N) is 2. The average molecular weight is 312 g/mol. The smallest absolute Gasteiger partial charge is 0.270 e. The van der Waals surface area contributed by atoms with Gasteiger partial charge in [-0.1, -0.05) is 37.3 Å². The molecule has 5 heteroatoms. The maximum absolute atomic E-state index is 12.1. The van der Waals surface area contributed by atoms with Crippen LogP contribution in [-0.2, 0) is 6.42 Å². The predicted octanol–water partition coefficient (Wildman–Crippen LogP) is 3.05. The molecule has 1 aromatic heterocycles. The van der Waals surface area contributed by atoms with E-state index in [-0.39, 0.29) is 5.91 Å². The Hall–Kier alpha value is -2.43. The molecule has 1 aromatic carbocycles. The fraction of sp³-hybridized carbons (Fsp3) is 0.389. The predicted molar refractivity (Wildman–Crippen MR) is 92.5 cm³/mol. The molecular weight excluding hydrogens is 288 g/mol. The van der Waals surface area contributed by atoms with Crippen LogP contribution in [0.15, 0.2) is 42.7 Å². The minimum Gasteiger partial charge on any atom is -0.368 e. The molecule has 2 N–H and O–H groups in total. The Kier molecular flexibility index (Phi) is 6.54. The van der Waals surface area contributed by atoms with Gasteiger partial charge in [-0.05, 0) is 31.7 Å². The highest BCUT2D eigenvalue weighted by molar-refractivity contribution is 5.92. The fourth-order valence-corrected chi connectivity index (χ4v) is 2.14. The normalized spacial score (nSPS) is 11.7. The monoisotopic (exact) mass is 312 g/mol. The molecule has 1 heterocycles.